The molecule has 7 heteroatoms. The largest absolute Gasteiger partial charge is 0.488 e. The Balaban J connectivity index is 2.21. The van der Waals surface area contributed by atoms with Crippen LogP contribution in [0.15, 0.2) is 42.5 Å². The molecule has 0 heterocycles. The number of para-hydroxylation sites is 1. The van der Waals surface area contributed by atoms with Crippen LogP contribution in [0.1, 0.15) is 5.56 Å². The van der Waals surface area contributed by atoms with Gasteiger partial charge < -0.3 is 14.5 Å². The summed E-state index contributed by atoms with van der Waals surface area (Å²) in [6, 6.07) is 11.0. The Bertz CT molecular complexity index is 669. The van der Waals surface area contributed by atoms with E-state index in [1.165, 1.54) is 18.2 Å². The Labute approximate surface area is 126 Å². The lowest BCUT2D eigenvalue weighted by Gasteiger charge is -2.13. The lowest BCUT2D eigenvalue weighted by atomic mass is 10.2. The van der Waals surface area contributed by atoms with Crippen molar-refractivity contribution in [2.45, 2.75) is 6.61 Å². The van der Waals surface area contributed by atoms with Crippen molar-refractivity contribution >= 4 is 36.1 Å². The quantitative estimate of drug-likeness (QED) is 0.842. The maximum atomic E-state index is 11.3. The van der Waals surface area contributed by atoms with Crippen molar-refractivity contribution in [3.8, 4) is 5.75 Å². The van der Waals surface area contributed by atoms with Crippen molar-refractivity contribution in [1.29, 1.82) is 0 Å². The van der Waals surface area contributed by atoms with Crippen LogP contribution in [0.3, 0.4) is 0 Å². The summed E-state index contributed by atoms with van der Waals surface area (Å²) >= 11 is 11.8. The molecule has 0 fully saturated rings. The van der Waals surface area contributed by atoms with Gasteiger partial charge in [-0.15, -0.1) is 0 Å². The third kappa shape index (κ3) is 3.75. The Hall–Kier alpha value is -1.03. The standard InChI is InChI=1S/C13H11Cl2O4P/c14-10-6-5-9(11(15)7-10)8-19-12-3-1-2-4-13(12)20(16,17)18/h1-7H,8H2,(H2,16,17,18). The highest BCUT2D eigenvalue weighted by molar-refractivity contribution is 7.60. The molecule has 0 bridgehead atoms. The van der Waals surface area contributed by atoms with Crippen LogP contribution in [0.25, 0.3) is 0 Å². The van der Waals surface area contributed by atoms with Crippen LogP contribution in [0.5, 0.6) is 5.75 Å². The van der Waals surface area contributed by atoms with Crippen molar-refractivity contribution in [3.05, 3.63) is 58.1 Å². The molecule has 2 N–H and O–H groups in total. The molecule has 0 saturated heterocycles. The summed E-state index contributed by atoms with van der Waals surface area (Å²) in [5.41, 5.74) is 0.677. The van der Waals surface area contributed by atoms with Crippen LogP contribution < -0.4 is 10.0 Å². The van der Waals surface area contributed by atoms with Crippen molar-refractivity contribution in [1.82, 2.24) is 0 Å². The van der Waals surface area contributed by atoms with Crippen LogP contribution in [0.4, 0.5) is 0 Å². The molecule has 0 saturated carbocycles. The molecule has 2 aromatic carbocycles. The maximum Gasteiger partial charge on any atom is 0.359 e. The smallest absolute Gasteiger partial charge is 0.359 e. The molecule has 0 amide bonds. The van der Waals surface area contributed by atoms with Gasteiger partial charge in [0.25, 0.3) is 0 Å². The summed E-state index contributed by atoms with van der Waals surface area (Å²) in [5, 5.41) is 0.797. The molecule has 0 aromatic heterocycles. The molecular formula is C13H11Cl2O4P. The van der Waals surface area contributed by atoms with Gasteiger partial charge in [-0.2, -0.15) is 0 Å². The van der Waals surface area contributed by atoms with E-state index in [9.17, 15) is 14.4 Å². The highest BCUT2D eigenvalue weighted by atomic mass is 35.5. The lowest BCUT2D eigenvalue weighted by Crippen LogP contribution is -2.09. The summed E-state index contributed by atoms with van der Waals surface area (Å²) < 4.78 is 16.8. The van der Waals surface area contributed by atoms with Gasteiger partial charge in [0, 0.05) is 15.6 Å². The van der Waals surface area contributed by atoms with Crippen molar-refractivity contribution in [3.63, 3.8) is 0 Å². The van der Waals surface area contributed by atoms with E-state index in [1.54, 1.807) is 24.3 Å². The third-order valence-electron chi connectivity index (χ3n) is 2.58. The molecule has 0 aliphatic heterocycles. The molecule has 0 aliphatic rings. The SMILES string of the molecule is O=P(O)(O)c1ccccc1OCc1ccc(Cl)cc1Cl. The second-order valence-corrected chi connectivity index (χ2v) is 6.45. The number of benzene rings is 2. The van der Waals surface area contributed by atoms with E-state index in [1.807, 2.05) is 0 Å². The molecule has 4 nitrogen and oxygen atoms in total. The van der Waals surface area contributed by atoms with Crippen LogP contribution in [-0.2, 0) is 11.2 Å². The number of hydrogen-bond acceptors (Lipinski definition) is 2. The minimum absolute atomic E-state index is 0.0903. The second-order valence-electron chi connectivity index (χ2n) is 4.04. The summed E-state index contributed by atoms with van der Waals surface area (Å²) in [7, 11) is -4.38. The van der Waals surface area contributed by atoms with Gasteiger partial charge in [0.2, 0.25) is 0 Å². The molecule has 0 spiro atoms. The predicted molar refractivity (Wildman–Crippen MR) is 78.9 cm³/mol. The minimum atomic E-state index is -4.38. The van der Waals surface area contributed by atoms with Gasteiger partial charge in [0.15, 0.2) is 0 Å². The van der Waals surface area contributed by atoms with Crippen molar-refractivity contribution in [2.24, 2.45) is 0 Å². The molecule has 0 unspecified atom stereocenters. The zero-order valence-electron chi connectivity index (χ0n) is 10.2. The van der Waals surface area contributed by atoms with E-state index in [0.717, 1.165) is 0 Å². The molecule has 0 radical (unpaired) electrons. The second kappa shape index (κ2) is 6.17. The Morgan fingerprint density at radius 3 is 2.45 bits per heavy atom. The first-order valence-electron chi connectivity index (χ1n) is 5.60. The van der Waals surface area contributed by atoms with E-state index in [4.69, 9.17) is 27.9 Å². The van der Waals surface area contributed by atoms with Gasteiger partial charge >= 0.3 is 7.60 Å². The normalized spacial score (nSPS) is 11.4. The maximum absolute atomic E-state index is 11.3. The molecule has 2 rings (SSSR count). The summed E-state index contributed by atoms with van der Waals surface area (Å²) in [6.45, 7) is 0.0903. The highest BCUT2D eigenvalue weighted by Gasteiger charge is 2.22. The summed E-state index contributed by atoms with van der Waals surface area (Å²) in [6.07, 6.45) is 0. The summed E-state index contributed by atoms with van der Waals surface area (Å²) in [5.74, 6) is 0.131. The van der Waals surface area contributed by atoms with Crippen molar-refractivity contribution in [2.75, 3.05) is 0 Å². The van der Waals surface area contributed by atoms with E-state index in [-0.39, 0.29) is 17.7 Å². The zero-order valence-corrected chi connectivity index (χ0v) is 12.6. The van der Waals surface area contributed by atoms with E-state index < -0.39 is 7.60 Å². The molecule has 0 atom stereocenters. The summed E-state index contributed by atoms with van der Waals surface area (Å²) in [4.78, 5) is 18.5. The van der Waals surface area contributed by atoms with Crippen LogP contribution in [0, 0.1) is 0 Å². The monoisotopic (exact) mass is 332 g/mol. The number of halogens is 2. The first kappa shape index (κ1) is 15.4. The number of rotatable bonds is 4. The van der Waals surface area contributed by atoms with Gasteiger partial charge in [-0.3, -0.25) is 4.57 Å². The van der Waals surface area contributed by atoms with Gasteiger partial charge in [-0.05, 0) is 24.3 Å². The fraction of sp³-hybridized carbons (Fsp3) is 0.0769. The molecular weight excluding hydrogens is 322 g/mol. The first-order chi connectivity index (χ1) is 9.38. The van der Waals surface area contributed by atoms with Gasteiger partial charge in [0.1, 0.15) is 17.7 Å². The Kier molecular flexibility index (Phi) is 4.74. The lowest BCUT2D eigenvalue weighted by molar-refractivity contribution is 0.306. The average Bonchev–Trinajstić information content (AvgIpc) is 2.37. The third-order valence-corrected chi connectivity index (χ3v) is 4.16. The van der Waals surface area contributed by atoms with E-state index >= 15 is 0 Å². The Morgan fingerprint density at radius 2 is 1.80 bits per heavy atom. The van der Waals surface area contributed by atoms with Crippen LogP contribution in [0.2, 0.25) is 10.0 Å². The van der Waals surface area contributed by atoms with Crippen LogP contribution >= 0.6 is 30.8 Å². The molecule has 20 heavy (non-hydrogen) atoms. The number of ether oxygens (including phenoxy) is 1. The fourth-order valence-corrected chi connectivity index (χ4v) is 2.78. The Morgan fingerprint density at radius 1 is 1.10 bits per heavy atom. The molecule has 106 valence electrons. The van der Waals surface area contributed by atoms with Gasteiger partial charge in [0.05, 0.1) is 0 Å². The zero-order chi connectivity index (χ0) is 14.8. The van der Waals surface area contributed by atoms with Gasteiger partial charge in [-0.25, -0.2) is 0 Å². The number of hydrogen-bond donors (Lipinski definition) is 2. The fourth-order valence-electron chi connectivity index (χ4n) is 1.61. The molecule has 0 aliphatic carbocycles. The van der Waals surface area contributed by atoms with Crippen molar-refractivity contribution < 1.29 is 19.1 Å². The topological polar surface area (TPSA) is 66.8 Å². The predicted octanol–water partition coefficient (Wildman–Crippen LogP) is 3.38. The first-order valence-corrected chi connectivity index (χ1v) is 7.96. The van der Waals surface area contributed by atoms with E-state index in [0.29, 0.717) is 15.6 Å². The highest BCUT2D eigenvalue weighted by Crippen LogP contribution is 2.37. The van der Waals surface area contributed by atoms with E-state index in [2.05, 4.69) is 0 Å². The van der Waals surface area contributed by atoms with Crippen LogP contribution in [-0.4, -0.2) is 9.79 Å². The van der Waals surface area contributed by atoms with Gasteiger partial charge in [-0.1, -0.05) is 41.4 Å². The average molecular weight is 333 g/mol. The molecule has 2 aromatic rings. The minimum Gasteiger partial charge on any atom is -0.488 e.